The molecule has 0 radical (unpaired) electrons. The first-order valence-corrected chi connectivity index (χ1v) is 5.11. The number of nitrogens with one attached hydrogen (secondary N) is 1. The van der Waals surface area contributed by atoms with Crippen molar-refractivity contribution >= 4 is 0 Å². The molecule has 2 heterocycles. The van der Waals surface area contributed by atoms with Crippen LogP contribution in [0.5, 0.6) is 0 Å². The van der Waals surface area contributed by atoms with Crippen LogP contribution < -0.4 is 5.32 Å². The number of aromatic nitrogens is 1. The fraction of sp³-hybridized carbons (Fsp3) is 0.700. The summed E-state index contributed by atoms with van der Waals surface area (Å²) < 4.78 is 5.45. The molecule has 1 aliphatic heterocycles. The summed E-state index contributed by atoms with van der Waals surface area (Å²) in [6.45, 7) is 8.16. The summed E-state index contributed by atoms with van der Waals surface area (Å²) in [7, 11) is 0. The smallest absolute Gasteiger partial charge is 0.208 e. The van der Waals surface area contributed by atoms with Crippen LogP contribution in [0.3, 0.4) is 0 Å². The zero-order chi connectivity index (χ0) is 9.97. The number of oxazole rings is 1. The molecule has 0 aromatic carbocycles. The predicted octanol–water partition coefficient (Wildman–Crippen LogP) is 0.777. The summed E-state index contributed by atoms with van der Waals surface area (Å²) in [5.41, 5.74) is 0. The van der Waals surface area contributed by atoms with Gasteiger partial charge in [-0.2, -0.15) is 0 Å². The van der Waals surface area contributed by atoms with E-state index < -0.39 is 0 Å². The molecule has 1 atom stereocenters. The predicted molar refractivity (Wildman–Crippen MR) is 54.0 cm³/mol. The molecule has 4 nitrogen and oxygen atoms in total. The van der Waals surface area contributed by atoms with E-state index in [1.54, 1.807) is 6.20 Å². The van der Waals surface area contributed by atoms with E-state index in [0.29, 0.717) is 6.04 Å². The van der Waals surface area contributed by atoms with Crippen LogP contribution in [-0.4, -0.2) is 35.6 Å². The topological polar surface area (TPSA) is 41.3 Å². The lowest BCUT2D eigenvalue weighted by Gasteiger charge is -2.30. The normalized spacial score (nSPS) is 24.0. The van der Waals surface area contributed by atoms with Gasteiger partial charge in [0.1, 0.15) is 5.76 Å². The molecule has 1 fully saturated rings. The summed E-state index contributed by atoms with van der Waals surface area (Å²) >= 11 is 0. The maximum atomic E-state index is 5.45. The molecule has 0 bridgehead atoms. The van der Waals surface area contributed by atoms with Gasteiger partial charge in [-0.15, -0.1) is 0 Å². The number of hydrogen-bond acceptors (Lipinski definition) is 4. The van der Waals surface area contributed by atoms with Gasteiger partial charge in [-0.05, 0) is 13.8 Å². The van der Waals surface area contributed by atoms with Crippen molar-refractivity contribution in [2.75, 3.05) is 19.6 Å². The molecule has 1 saturated heterocycles. The van der Waals surface area contributed by atoms with Crippen LogP contribution in [0, 0.1) is 6.92 Å². The van der Waals surface area contributed by atoms with E-state index in [1.165, 1.54) is 0 Å². The van der Waals surface area contributed by atoms with Crippen molar-refractivity contribution in [2.24, 2.45) is 0 Å². The van der Waals surface area contributed by atoms with Gasteiger partial charge in [0.25, 0.3) is 0 Å². The number of hydrogen-bond donors (Lipinski definition) is 1. The Morgan fingerprint density at radius 1 is 1.71 bits per heavy atom. The van der Waals surface area contributed by atoms with Gasteiger partial charge in [0.15, 0.2) is 0 Å². The third kappa shape index (κ3) is 2.33. The molecule has 0 amide bonds. The second kappa shape index (κ2) is 4.11. The average molecular weight is 195 g/mol. The summed E-state index contributed by atoms with van der Waals surface area (Å²) in [6, 6.07) is 0.569. The minimum absolute atomic E-state index is 0.569. The molecule has 0 saturated carbocycles. The second-order valence-electron chi connectivity index (χ2n) is 3.95. The largest absolute Gasteiger partial charge is 0.445 e. The number of aryl methyl sites for hydroxylation is 1. The van der Waals surface area contributed by atoms with E-state index in [4.69, 9.17) is 4.42 Å². The van der Waals surface area contributed by atoms with Gasteiger partial charge in [0.05, 0.1) is 12.7 Å². The highest BCUT2D eigenvalue weighted by atomic mass is 16.4. The Morgan fingerprint density at radius 2 is 2.57 bits per heavy atom. The highest BCUT2D eigenvalue weighted by Crippen LogP contribution is 2.07. The third-order valence-corrected chi connectivity index (χ3v) is 2.48. The summed E-state index contributed by atoms with van der Waals surface area (Å²) in [5.74, 6) is 1.72. The molecule has 1 aromatic heterocycles. The fourth-order valence-electron chi connectivity index (χ4n) is 1.82. The maximum Gasteiger partial charge on any atom is 0.208 e. The Kier molecular flexibility index (Phi) is 2.84. The lowest BCUT2D eigenvalue weighted by molar-refractivity contribution is 0.183. The highest BCUT2D eigenvalue weighted by Gasteiger charge is 2.16. The van der Waals surface area contributed by atoms with Gasteiger partial charge in [-0.3, -0.25) is 4.90 Å². The number of piperazine rings is 1. The number of nitrogens with zero attached hydrogens (tertiary/aromatic N) is 2. The molecule has 2 rings (SSSR count). The Morgan fingerprint density at radius 3 is 3.21 bits per heavy atom. The van der Waals surface area contributed by atoms with Crippen molar-refractivity contribution in [1.82, 2.24) is 15.2 Å². The molecule has 1 aromatic rings. The zero-order valence-electron chi connectivity index (χ0n) is 8.79. The lowest BCUT2D eigenvalue weighted by Crippen LogP contribution is -2.48. The molecule has 14 heavy (non-hydrogen) atoms. The van der Waals surface area contributed by atoms with Crippen molar-refractivity contribution in [2.45, 2.75) is 26.4 Å². The average Bonchev–Trinajstić information content (AvgIpc) is 2.51. The second-order valence-corrected chi connectivity index (χ2v) is 3.95. The quantitative estimate of drug-likeness (QED) is 0.757. The summed E-state index contributed by atoms with van der Waals surface area (Å²) in [6.07, 6.45) is 1.78. The molecule has 0 aliphatic carbocycles. The Labute approximate surface area is 84.3 Å². The van der Waals surface area contributed by atoms with E-state index in [9.17, 15) is 0 Å². The van der Waals surface area contributed by atoms with Crippen LogP contribution in [-0.2, 0) is 6.54 Å². The van der Waals surface area contributed by atoms with Gasteiger partial charge >= 0.3 is 0 Å². The van der Waals surface area contributed by atoms with Crippen LogP contribution in [0.2, 0.25) is 0 Å². The van der Waals surface area contributed by atoms with Crippen molar-refractivity contribution in [1.29, 1.82) is 0 Å². The minimum Gasteiger partial charge on any atom is -0.445 e. The van der Waals surface area contributed by atoms with Crippen LogP contribution in [0.15, 0.2) is 10.6 Å². The maximum absolute atomic E-state index is 5.45. The van der Waals surface area contributed by atoms with Crippen LogP contribution in [0.25, 0.3) is 0 Å². The standard InChI is InChI=1S/C10H17N3O/c1-8-6-13(4-3-11-8)7-10-12-5-9(2)14-10/h5,8,11H,3-4,6-7H2,1-2H3. The molecule has 1 unspecified atom stereocenters. The van der Waals surface area contributed by atoms with E-state index in [0.717, 1.165) is 37.8 Å². The first-order chi connectivity index (χ1) is 6.74. The summed E-state index contributed by atoms with van der Waals surface area (Å²) in [4.78, 5) is 6.57. The van der Waals surface area contributed by atoms with Gasteiger partial charge in [-0.1, -0.05) is 0 Å². The Hall–Kier alpha value is -0.870. The molecular weight excluding hydrogens is 178 g/mol. The molecule has 78 valence electrons. The van der Waals surface area contributed by atoms with Crippen molar-refractivity contribution in [3.8, 4) is 0 Å². The molecule has 4 heteroatoms. The van der Waals surface area contributed by atoms with Gasteiger partial charge < -0.3 is 9.73 Å². The van der Waals surface area contributed by atoms with E-state index in [2.05, 4.69) is 22.1 Å². The van der Waals surface area contributed by atoms with Crippen LogP contribution in [0.1, 0.15) is 18.6 Å². The molecule has 1 aliphatic rings. The molecular formula is C10H17N3O. The first-order valence-electron chi connectivity index (χ1n) is 5.11. The minimum atomic E-state index is 0.569. The van der Waals surface area contributed by atoms with Gasteiger partial charge in [0.2, 0.25) is 5.89 Å². The third-order valence-electron chi connectivity index (χ3n) is 2.48. The van der Waals surface area contributed by atoms with E-state index >= 15 is 0 Å². The highest BCUT2D eigenvalue weighted by molar-refractivity contribution is 4.91. The first kappa shape index (κ1) is 9.68. The Bertz CT molecular complexity index is 297. The summed E-state index contributed by atoms with van der Waals surface area (Å²) in [5, 5.41) is 3.41. The van der Waals surface area contributed by atoms with E-state index in [1.807, 2.05) is 6.92 Å². The van der Waals surface area contributed by atoms with Crippen LogP contribution >= 0.6 is 0 Å². The van der Waals surface area contributed by atoms with E-state index in [-0.39, 0.29) is 0 Å². The lowest BCUT2D eigenvalue weighted by atomic mass is 10.2. The zero-order valence-corrected chi connectivity index (χ0v) is 8.79. The van der Waals surface area contributed by atoms with Crippen molar-refractivity contribution < 1.29 is 4.42 Å². The molecule has 1 N–H and O–H groups in total. The Balaban J connectivity index is 1.90. The molecule has 0 spiro atoms. The van der Waals surface area contributed by atoms with Crippen LogP contribution in [0.4, 0.5) is 0 Å². The number of rotatable bonds is 2. The fourth-order valence-corrected chi connectivity index (χ4v) is 1.82. The SMILES string of the molecule is Cc1cnc(CN2CCNC(C)C2)o1. The van der Waals surface area contributed by atoms with Gasteiger partial charge in [0, 0.05) is 25.7 Å². The van der Waals surface area contributed by atoms with Crippen molar-refractivity contribution in [3.05, 3.63) is 17.8 Å². The van der Waals surface area contributed by atoms with Crippen molar-refractivity contribution in [3.63, 3.8) is 0 Å². The monoisotopic (exact) mass is 195 g/mol. The van der Waals surface area contributed by atoms with Gasteiger partial charge in [-0.25, -0.2) is 4.98 Å².